The van der Waals surface area contributed by atoms with E-state index < -0.39 is 11.9 Å². The van der Waals surface area contributed by atoms with Crippen LogP contribution in [0.2, 0.25) is 0 Å². The van der Waals surface area contributed by atoms with E-state index in [1.807, 2.05) is 61.5 Å². The Kier molecular flexibility index (Phi) is 6.91. The quantitative estimate of drug-likeness (QED) is 0.427. The molecule has 0 fully saturated rings. The van der Waals surface area contributed by atoms with Crippen molar-refractivity contribution < 1.29 is 23.5 Å². The summed E-state index contributed by atoms with van der Waals surface area (Å²) in [6, 6.07) is 23.6. The van der Waals surface area contributed by atoms with Crippen LogP contribution in [-0.2, 0) is 20.9 Å². The van der Waals surface area contributed by atoms with Gasteiger partial charge in [0.15, 0.2) is 5.78 Å². The Hall–Kier alpha value is -4.19. The third kappa shape index (κ3) is 4.92. The molecule has 3 aromatic carbocycles. The molecule has 1 N–H and O–H groups in total. The van der Waals surface area contributed by atoms with Crippen LogP contribution in [0.25, 0.3) is 0 Å². The molecule has 5 rings (SSSR count). The van der Waals surface area contributed by atoms with Crippen LogP contribution in [0.15, 0.2) is 101 Å². The molecule has 0 saturated carbocycles. The van der Waals surface area contributed by atoms with E-state index in [-0.39, 0.29) is 23.9 Å². The molecule has 1 aliphatic carbocycles. The summed E-state index contributed by atoms with van der Waals surface area (Å²) in [5, 5.41) is 3.32. The number of dihydropyridines is 1. The summed E-state index contributed by atoms with van der Waals surface area (Å²) in [6.45, 7) is 2.17. The number of hydrogen-bond donors (Lipinski definition) is 1. The van der Waals surface area contributed by atoms with Crippen molar-refractivity contribution in [2.45, 2.75) is 38.2 Å². The van der Waals surface area contributed by atoms with Crippen molar-refractivity contribution in [2.24, 2.45) is 0 Å². The van der Waals surface area contributed by atoms with E-state index in [9.17, 15) is 14.0 Å². The highest BCUT2D eigenvalue weighted by Crippen LogP contribution is 2.47. The van der Waals surface area contributed by atoms with Crippen molar-refractivity contribution >= 4 is 11.8 Å². The number of benzene rings is 3. The maximum atomic E-state index is 13.7. The van der Waals surface area contributed by atoms with Gasteiger partial charge in [-0.15, -0.1) is 0 Å². The Bertz CT molecular complexity index is 1390. The summed E-state index contributed by atoms with van der Waals surface area (Å²) in [4.78, 5) is 26.7. The molecule has 37 heavy (non-hydrogen) atoms. The molecule has 1 aliphatic heterocycles. The zero-order chi connectivity index (χ0) is 25.9. The second-order valence-electron chi connectivity index (χ2n) is 9.37. The minimum Gasteiger partial charge on any atom is -0.489 e. The van der Waals surface area contributed by atoms with Gasteiger partial charge in [-0.2, -0.15) is 0 Å². The third-order valence-electron chi connectivity index (χ3n) is 7.04. The molecular formula is C31H28FNO4. The largest absolute Gasteiger partial charge is 0.489 e. The number of carbonyl (C=O) groups excluding carboxylic acids is 2. The highest BCUT2D eigenvalue weighted by molar-refractivity contribution is 6.04. The van der Waals surface area contributed by atoms with Gasteiger partial charge in [-0.25, -0.2) is 9.18 Å². The Morgan fingerprint density at radius 2 is 1.68 bits per heavy atom. The van der Waals surface area contributed by atoms with Crippen molar-refractivity contribution in [3.63, 3.8) is 0 Å². The summed E-state index contributed by atoms with van der Waals surface area (Å²) in [5.74, 6) is -0.967. The highest BCUT2D eigenvalue weighted by atomic mass is 19.1. The number of halogens is 1. The topological polar surface area (TPSA) is 64.6 Å². The first kappa shape index (κ1) is 24.5. The van der Waals surface area contributed by atoms with E-state index in [2.05, 4.69) is 5.32 Å². The molecule has 3 aromatic rings. The van der Waals surface area contributed by atoms with Crippen molar-refractivity contribution in [3.8, 4) is 5.75 Å². The number of ether oxygens (including phenoxy) is 2. The van der Waals surface area contributed by atoms with Gasteiger partial charge >= 0.3 is 5.97 Å². The number of nitrogens with one attached hydrogen (secondary N) is 1. The molecule has 0 unspecified atom stereocenters. The Balaban J connectivity index is 1.56. The number of para-hydroxylation sites is 1. The molecule has 0 aromatic heterocycles. The lowest BCUT2D eigenvalue weighted by atomic mass is 9.71. The van der Waals surface area contributed by atoms with Crippen LogP contribution in [0.4, 0.5) is 4.39 Å². The standard InChI is InChI=1S/C31H28FNO4/c1-19-28(31(35)36-2)29(24-10-6-7-11-27(24)37-18-20-8-4-3-5-9-20)30-25(33-19)16-22(17-26(30)34)21-12-14-23(32)15-13-21/h3-15,22,29,33H,16-18H2,1-2H3/t22-,29-/m1/s1. The van der Waals surface area contributed by atoms with Crippen molar-refractivity contribution in [2.75, 3.05) is 7.11 Å². The fourth-order valence-corrected chi connectivity index (χ4v) is 5.29. The normalized spacial score (nSPS) is 19.3. The predicted octanol–water partition coefficient (Wildman–Crippen LogP) is 5.94. The van der Waals surface area contributed by atoms with Gasteiger partial charge < -0.3 is 14.8 Å². The third-order valence-corrected chi connectivity index (χ3v) is 7.04. The molecule has 5 nitrogen and oxygen atoms in total. The zero-order valence-corrected chi connectivity index (χ0v) is 20.8. The van der Waals surface area contributed by atoms with Gasteiger partial charge in [-0.05, 0) is 48.6 Å². The van der Waals surface area contributed by atoms with E-state index in [0.717, 1.165) is 22.4 Å². The van der Waals surface area contributed by atoms with Crippen LogP contribution in [0, 0.1) is 5.82 Å². The fourth-order valence-electron chi connectivity index (χ4n) is 5.29. The van der Waals surface area contributed by atoms with Gasteiger partial charge in [-0.1, -0.05) is 60.7 Å². The van der Waals surface area contributed by atoms with E-state index in [0.29, 0.717) is 35.6 Å². The van der Waals surface area contributed by atoms with E-state index in [1.165, 1.54) is 19.2 Å². The summed E-state index contributed by atoms with van der Waals surface area (Å²) < 4.78 is 24.9. The van der Waals surface area contributed by atoms with Crippen molar-refractivity contribution in [1.82, 2.24) is 5.32 Å². The molecule has 2 atom stereocenters. The summed E-state index contributed by atoms with van der Waals surface area (Å²) in [5.41, 5.74) is 5.02. The smallest absolute Gasteiger partial charge is 0.336 e. The summed E-state index contributed by atoms with van der Waals surface area (Å²) in [6.07, 6.45) is 0.839. The van der Waals surface area contributed by atoms with E-state index >= 15 is 0 Å². The van der Waals surface area contributed by atoms with Crippen LogP contribution in [-0.4, -0.2) is 18.9 Å². The first-order valence-corrected chi connectivity index (χ1v) is 12.3. The average molecular weight is 498 g/mol. The average Bonchev–Trinajstić information content (AvgIpc) is 2.92. The zero-order valence-electron chi connectivity index (χ0n) is 20.8. The number of carbonyl (C=O) groups is 2. The number of esters is 1. The van der Waals surface area contributed by atoms with Gasteiger partial charge in [0.1, 0.15) is 18.2 Å². The van der Waals surface area contributed by atoms with Crippen LogP contribution in [0.1, 0.15) is 48.3 Å². The molecule has 0 bridgehead atoms. The monoisotopic (exact) mass is 497 g/mol. The predicted molar refractivity (Wildman–Crippen MR) is 138 cm³/mol. The Labute approximate surface area is 215 Å². The molecule has 1 heterocycles. The van der Waals surface area contributed by atoms with Crippen LogP contribution < -0.4 is 10.1 Å². The molecule has 0 spiro atoms. The van der Waals surface area contributed by atoms with Gasteiger partial charge in [0.05, 0.1) is 18.6 Å². The van der Waals surface area contributed by atoms with Crippen molar-refractivity contribution in [3.05, 3.63) is 124 Å². The van der Waals surface area contributed by atoms with E-state index in [4.69, 9.17) is 9.47 Å². The van der Waals surface area contributed by atoms with Crippen molar-refractivity contribution in [1.29, 1.82) is 0 Å². The lowest BCUT2D eigenvalue weighted by Gasteiger charge is -2.37. The number of methoxy groups -OCH3 is 1. The maximum Gasteiger partial charge on any atom is 0.336 e. The first-order chi connectivity index (χ1) is 18.0. The number of hydrogen-bond acceptors (Lipinski definition) is 5. The molecule has 6 heteroatoms. The molecule has 0 radical (unpaired) electrons. The SMILES string of the molecule is COC(=O)C1=C(C)NC2=C(C(=O)C[C@H](c3ccc(F)cc3)C2)[C@@H]1c1ccccc1OCc1ccccc1. The number of Topliss-reactive ketones (excluding diaryl/α,β-unsaturated/α-hetero) is 1. The maximum absolute atomic E-state index is 13.7. The lowest BCUT2D eigenvalue weighted by molar-refractivity contribution is -0.136. The molecule has 0 saturated heterocycles. The molecule has 2 aliphatic rings. The molecule has 188 valence electrons. The van der Waals surface area contributed by atoms with Gasteiger partial charge in [-0.3, -0.25) is 4.79 Å². The van der Waals surface area contributed by atoms with Crippen LogP contribution in [0.5, 0.6) is 5.75 Å². The Morgan fingerprint density at radius 3 is 2.41 bits per heavy atom. The minimum atomic E-state index is -0.627. The van der Waals surface area contributed by atoms with Crippen LogP contribution >= 0.6 is 0 Å². The lowest BCUT2D eigenvalue weighted by Crippen LogP contribution is -2.36. The Morgan fingerprint density at radius 1 is 0.973 bits per heavy atom. The summed E-state index contributed by atoms with van der Waals surface area (Å²) >= 11 is 0. The first-order valence-electron chi connectivity index (χ1n) is 12.3. The number of rotatable bonds is 6. The second kappa shape index (κ2) is 10.4. The highest BCUT2D eigenvalue weighted by Gasteiger charge is 2.42. The second-order valence-corrected chi connectivity index (χ2v) is 9.37. The molecule has 0 amide bonds. The van der Waals surface area contributed by atoms with Gasteiger partial charge in [0.25, 0.3) is 0 Å². The van der Waals surface area contributed by atoms with Gasteiger partial charge in [0.2, 0.25) is 0 Å². The van der Waals surface area contributed by atoms with E-state index in [1.54, 1.807) is 12.1 Å². The number of ketones is 1. The summed E-state index contributed by atoms with van der Waals surface area (Å²) in [7, 11) is 1.34. The fraction of sp³-hybridized carbons (Fsp3) is 0.226. The van der Waals surface area contributed by atoms with Gasteiger partial charge in [0, 0.05) is 29.0 Å². The molecular weight excluding hydrogens is 469 g/mol. The van der Waals surface area contributed by atoms with Crippen LogP contribution in [0.3, 0.4) is 0 Å². The minimum absolute atomic E-state index is 0.0557. The number of allylic oxidation sites excluding steroid dienone is 3.